The van der Waals surface area contributed by atoms with Crippen molar-refractivity contribution >= 4 is 0 Å². The molecule has 0 saturated heterocycles. The molecule has 0 spiro atoms. The Morgan fingerprint density at radius 2 is 2.00 bits per heavy atom. The zero-order valence-corrected chi connectivity index (χ0v) is 8.18. The van der Waals surface area contributed by atoms with Gasteiger partial charge in [-0.3, -0.25) is 0 Å². The van der Waals surface area contributed by atoms with Crippen molar-refractivity contribution in [3.63, 3.8) is 0 Å². The predicted octanol–water partition coefficient (Wildman–Crippen LogP) is 1.66. The molecule has 0 rings (SSSR count). The molecule has 0 aromatic rings. The zero-order chi connectivity index (χ0) is 8.69. The van der Waals surface area contributed by atoms with Crippen LogP contribution in [0.4, 0.5) is 0 Å². The van der Waals surface area contributed by atoms with Crippen molar-refractivity contribution < 1.29 is 4.74 Å². The molecule has 2 heteroatoms. The maximum absolute atomic E-state index is 5.12. The van der Waals surface area contributed by atoms with Crippen molar-refractivity contribution in [3.05, 3.63) is 0 Å². The first kappa shape index (κ1) is 10.9. The average molecular weight is 159 g/mol. The number of hydrogen-bond acceptors (Lipinski definition) is 2. The quantitative estimate of drug-likeness (QED) is 0.636. The molecule has 0 aliphatic rings. The smallest absolute Gasteiger partial charge is 0.0505 e. The van der Waals surface area contributed by atoms with Crippen LogP contribution >= 0.6 is 0 Å². The SMILES string of the molecule is CCNC(C)C(CC)COC. The molecule has 0 bridgehead atoms. The topological polar surface area (TPSA) is 21.3 Å². The van der Waals surface area contributed by atoms with E-state index in [1.807, 2.05) is 0 Å². The van der Waals surface area contributed by atoms with Crippen molar-refractivity contribution in [3.8, 4) is 0 Å². The largest absolute Gasteiger partial charge is 0.384 e. The summed E-state index contributed by atoms with van der Waals surface area (Å²) < 4.78 is 5.12. The molecule has 2 atom stereocenters. The molecule has 0 saturated carbocycles. The molecular weight excluding hydrogens is 138 g/mol. The van der Waals surface area contributed by atoms with E-state index in [-0.39, 0.29) is 0 Å². The molecule has 0 aromatic carbocycles. The third kappa shape index (κ3) is 4.38. The molecule has 0 fully saturated rings. The lowest BCUT2D eigenvalue weighted by Gasteiger charge is -2.22. The van der Waals surface area contributed by atoms with Gasteiger partial charge in [-0.05, 0) is 25.8 Å². The highest BCUT2D eigenvalue weighted by atomic mass is 16.5. The van der Waals surface area contributed by atoms with Crippen molar-refractivity contribution in [2.24, 2.45) is 5.92 Å². The summed E-state index contributed by atoms with van der Waals surface area (Å²) in [5.74, 6) is 0.653. The van der Waals surface area contributed by atoms with E-state index in [0.29, 0.717) is 12.0 Å². The minimum absolute atomic E-state index is 0.574. The van der Waals surface area contributed by atoms with Crippen LogP contribution < -0.4 is 5.32 Å². The summed E-state index contributed by atoms with van der Waals surface area (Å²) in [5, 5.41) is 3.40. The Balaban J connectivity index is 3.61. The van der Waals surface area contributed by atoms with Gasteiger partial charge in [0.25, 0.3) is 0 Å². The molecule has 2 nitrogen and oxygen atoms in total. The Morgan fingerprint density at radius 1 is 1.36 bits per heavy atom. The van der Waals surface area contributed by atoms with Gasteiger partial charge in [0, 0.05) is 13.2 Å². The predicted molar refractivity (Wildman–Crippen MR) is 48.8 cm³/mol. The second-order valence-electron chi connectivity index (χ2n) is 2.97. The Labute approximate surface area is 70.3 Å². The normalized spacial score (nSPS) is 16.4. The van der Waals surface area contributed by atoms with Gasteiger partial charge < -0.3 is 10.1 Å². The fourth-order valence-electron chi connectivity index (χ4n) is 1.32. The number of nitrogens with one attached hydrogen (secondary N) is 1. The van der Waals surface area contributed by atoms with Gasteiger partial charge in [-0.25, -0.2) is 0 Å². The van der Waals surface area contributed by atoms with Gasteiger partial charge in [0.1, 0.15) is 0 Å². The van der Waals surface area contributed by atoms with Crippen LogP contribution in [0.25, 0.3) is 0 Å². The van der Waals surface area contributed by atoms with E-state index in [1.165, 1.54) is 6.42 Å². The summed E-state index contributed by atoms with van der Waals surface area (Å²) in [6, 6.07) is 0.574. The third-order valence-electron chi connectivity index (χ3n) is 2.14. The molecular formula is C9H21NO. The molecule has 0 aromatic heterocycles. The molecule has 2 unspecified atom stereocenters. The third-order valence-corrected chi connectivity index (χ3v) is 2.14. The Bertz CT molecular complexity index is 85.6. The monoisotopic (exact) mass is 159 g/mol. The standard InChI is InChI=1S/C9H21NO/c1-5-9(7-11-4)8(3)10-6-2/h8-10H,5-7H2,1-4H3. The van der Waals surface area contributed by atoms with Crippen LogP contribution in [0.15, 0.2) is 0 Å². The summed E-state index contributed by atoms with van der Waals surface area (Å²) in [7, 11) is 1.77. The molecule has 0 amide bonds. The van der Waals surface area contributed by atoms with E-state index in [9.17, 15) is 0 Å². The fraction of sp³-hybridized carbons (Fsp3) is 1.00. The van der Waals surface area contributed by atoms with Crippen molar-refractivity contribution in [2.45, 2.75) is 33.2 Å². The highest BCUT2D eigenvalue weighted by Gasteiger charge is 2.13. The van der Waals surface area contributed by atoms with Gasteiger partial charge in [-0.15, -0.1) is 0 Å². The molecule has 0 aliphatic carbocycles. The fourth-order valence-corrected chi connectivity index (χ4v) is 1.32. The molecule has 0 radical (unpaired) electrons. The summed E-state index contributed by atoms with van der Waals surface area (Å²) >= 11 is 0. The molecule has 0 heterocycles. The van der Waals surface area contributed by atoms with Gasteiger partial charge in [0.2, 0.25) is 0 Å². The van der Waals surface area contributed by atoms with E-state index in [1.54, 1.807) is 7.11 Å². The Morgan fingerprint density at radius 3 is 2.36 bits per heavy atom. The van der Waals surface area contributed by atoms with Gasteiger partial charge in [0.15, 0.2) is 0 Å². The number of ether oxygens (including phenoxy) is 1. The van der Waals surface area contributed by atoms with Crippen LogP contribution in [-0.4, -0.2) is 26.3 Å². The number of methoxy groups -OCH3 is 1. The van der Waals surface area contributed by atoms with Crippen LogP contribution in [-0.2, 0) is 4.74 Å². The summed E-state index contributed by atoms with van der Waals surface area (Å²) in [6.45, 7) is 8.47. The summed E-state index contributed by atoms with van der Waals surface area (Å²) in [4.78, 5) is 0. The van der Waals surface area contributed by atoms with E-state index >= 15 is 0 Å². The van der Waals surface area contributed by atoms with E-state index in [2.05, 4.69) is 26.1 Å². The Hall–Kier alpha value is -0.0800. The molecule has 68 valence electrons. The van der Waals surface area contributed by atoms with Gasteiger partial charge >= 0.3 is 0 Å². The molecule has 11 heavy (non-hydrogen) atoms. The van der Waals surface area contributed by atoms with E-state index < -0.39 is 0 Å². The zero-order valence-electron chi connectivity index (χ0n) is 8.18. The summed E-state index contributed by atoms with van der Waals surface area (Å²) in [6.07, 6.45) is 1.18. The summed E-state index contributed by atoms with van der Waals surface area (Å²) in [5.41, 5.74) is 0. The van der Waals surface area contributed by atoms with Gasteiger partial charge in [-0.2, -0.15) is 0 Å². The van der Waals surface area contributed by atoms with Crippen LogP contribution in [0, 0.1) is 5.92 Å². The first-order valence-corrected chi connectivity index (χ1v) is 4.48. The lowest BCUT2D eigenvalue weighted by molar-refractivity contribution is 0.132. The Kier molecular flexibility index (Phi) is 6.57. The molecule has 0 aliphatic heterocycles. The second-order valence-corrected chi connectivity index (χ2v) is 2.97. The molecule has 1 N–H and O–H groups in total. The lowest BCUT2D eigenvalue weighted by Crippen LogP contribution is -2.35. The van der Waals surface area contributed by atoms with Crippen LogP contribution in [0.5, 0.6) is 0 Å². The van der Waals surface area contributed by atoms with Gasteiger partial charge in [-0.1, -0.05) is 13.8 Å². The van der Waals surface area contributed by atoms with E-state index in [0.717, 1.165) is 13.2 Å². The second kappa shape index (κ2) is 6.62. The van der Waals surface area contributed by atoms with Crippen LogP contribution in [0.1, 0.15) is 27.2 Å². The highest BCUT2D eigenvalue weighted by Crippen LogP contribution is 2.08. The lowest BCUT2D eigenvalue weighted by atomic mass is 9.99. The van der Waals surface area contributed by atoms with Crippen molar-refractivity contribution in [2.75, 3.05) is 20.3 Å². The number of rotatable bonds is 6. The van der Waals surface area contributed by atoms with Gasteiger partial charge in [0.05, 0.1) is 6.61 Å². The first-order chi connectivity index (χ1) is 5.26. The average Bonchev–Trinajstić information content (AvgIpc) is 2.00. The minimum Gasteiger partial charge on any atom is -0.384 e. The van der Waals surface area contributed by atoms with E-state index in [4.69, 9.17) is 4.74 Å². The van der Waals surface area contributed by atoms with Crippen molar-refractivity contribution in [1.29, 1.82) is 0 Å². The minimum atomic E-state index is 0.574. The van der Waals surface area contributed by atoms with Crippen LogP contribution in [0.3, 0.4) is 0 Å². The maximum Gasteiger partial charge on any atom is 0.0505 e. The maximum atomic E-state index is 5.12. The highest BCUT2D eigenvalue weighted by molar-refractivity contribution is 4.69. The number of hydrogen-bond donors (Lipinski definition) is 1. The first-order valence-electron chi connectivity index (χ1n) is 4.48. The van der Waals surface area contributed by atoms with Crippen LogP contribution in [0.2, 0.25) is 0 Å². The van der Waals surface area contributed by atoms with Crippen molar-refractivity contribution in [1.82, 2.24) is 5.32 Å².